The van der Waals surface area contributed by atoms with Crippen molar-refractivity contribution in [3.8, 4) is 0 Å². The van der Waals surface area contributed by atoms with E-state index in [1.54, 1.807) is 0 Å². The van der Waals surface area contributed by atoms with Crippen LogP contribution in [0.1, 0.15) is 25.3 Å². The first-order valence-electron chi connectivity index (χ1n) is 7.38. The van der Waals surface area contributed by atoms with Crippen LogP contribution < -0.4 is 10.6 Å². The number of nitrogens with one attached hydrogen (secondary N) is 2. The van der Waals surface area contributed by atoms with Crippen LogP contribution in [0.2, 0.25) is 0 Å². The average molecular weight is 327 g/mol. The Morgan fingerprint density at radius 1 is 1.27 bits per heavy atom. The molecule has 0 aliphatic carbocycles. The van der Waals surface area contributed by atoms with Crippen LogP contribution in [0.15, 0.2) is 24.3 Å². The van der Waals surface area contributed by atoms with Crippen molar-refractivity contribution in [1.29, 1.82) is 0 Å². The summed E-state index contributed by atoms with van der Waals surface area (Å²) in [7, 11) is 1.41. The molecular weight excluding hydrogens is 304 g/mol. The van der Waals surface area contributed by atoms with E-state index >= 15 is 0 Å². The fraction of sp³-hybridized carbons (Fsp3) is 0.500. The second-order valence-corrected chi connectivity index (χ2v) is 5.36. The van der Waals surface area contributed by atoms with Gasteiger partial charge in [0.1, 0.15) is 0 Å². The van der Waals surface area contributed by atoms with E-state index in [4.69, 9.17) is 16.3 Å². The smallest absolute Gasteiger partial charge is 0.319 e. The third-order valence-corrected chi connectivity index (χ3v) is 3.43. The maximum absolute atomic E-state index is 11.7. The number of hydrogen-bond acceptors (Lipinski definition) is 3. The molecule has 0 aromatic heterocycles. The van der Waals surface area contributed by atoms with E-state index in [2.05, 4.69) is 10.6 Å². The molecule has 1 atom stereocenters. The third-order valence-electron chi connectivity index (χ3n) is 3.25. The molecule has 1 aromatic carbocycles. The van der Waals surface area contributed by atoms with Crippen LogP contribution in [0, 0.1) is 5.92 Å². The number of urea groups is 1. The summed E-state index contributed by atoms with van der Waals surface area (Å²) in [6, 6.07) is 7.16. The summed E-state index contributed by atoms with van der Waals surface area (Å²) in [5, 5.41) is 5.34. The highest BCUT2D eigenvalue weighted by molar-refractivity contribution is 6.18. The highest BCUT2D eigenvalue weighted by Crippen LogP contribution is 2.18. The van der Waals surface area contributed by atoms with E-state index in [9.17, 15) is 9.59 Å². The molecule has 0 radical (unpaired) electrons. The number of methoxy groups -OCH3 is 1. The lowest BCUT2D eigenvalue weighted by atomic mass is 9.95. The standard InChI is InChI=1S/C16H23ClN2O3/c1-3-4-13(15(20)22-2)11-12-5-7-14(8-6-12)19-16(21)18-10-9-17/h5-8,13H,3-4,9-11H2,1-2H3,(H2,18,19,21). The predicted molar refractivity (Wildman–Crippen MR) is 88.3 cm³/mol. The van der Waals surface area contributed by atoms with Gasteiger partial charge in [0.25, 0.3) is 0 Å². The zero-order valence-electron chi connectivity index (χ0n) is 13.0. The van der Waals surface area contributed by atoms with Crippen molar-refractivity contribution in [2.24, 2.45) is 5.92 Å². The third kappa shape index (κ3) is 6.35. The topological polar surface area (TPSA) is 67.4 Å². The molecule has 6 heteroatoms. The molecule has 2 N–H and O–H groups in total. The van der Waals surface area contributed by atoms with Gasteiger partial charge in [-0.3, -0.25) is 4.79 Å². The number of carbonyl (C=O) groups is 2. The summed E-state index contributed by atoms with van der Waals surface area (Å²) in [5.41, 5.74) is 1.73. The number of benzene rings is 1. The minimum absolute atomic E-state index is 0.124. The van der Waals surface area contributed by atoms with E-state index in [0.29, 0.717) is 24.5 Å². The molecule has 0 fully saturated rings. The van der Waals surface area contributed by atoms with Crippen molar-refractivity contribution in [3.63, 3.8) is 0 Å². The number of hydrogen-bond donors (Lipinski definition) is 2. The Morgan fingerprint density at radius 3 is 2.50 bits per heavy atom. The van der Waals surface area contributed by atoms with Crippen molar-refractivity contribution in [1.82, 2.24) is 5.32 Å². The quantitative estimate of drug-likeness (QED) is 0.569. The lowest BCUT2D eigenvalue weighted by Gasteiger charge is -2.14. The minimum Gasteiger partial charge on any atom is -0.469 e. The Bertz CT molecular complexity index is 477. The Morgan fingerprint density at radius 2 is 1.95 bits per heavy atom. The van der Waals surface area contributed by atoms with Crippen LogP contribution in [0.5, 0.6) is 0 Å². The Labute approximate surface area is 136 Å². The van der Waals surface area contributed by atoms with Gasteiger partial charge in [-0.25, -0.2) is 4.79 Å². The molecule has 1 aromatic rings. The predicted octanol–water partition coefficient (Wildman–Crippen LogP) is 3.18. The van der Waals surface area contributed by atoms with Crippen LogP contribution in [0.3, 0.4) is 0 Å². The summed E-state index contributed by atoms with van der Waals surface area (Å²) in [4.78, 5) is 23.2. The summed E-state index contributed by atoms with van der Waals surface area (Å²) in [6.45, 7) is 2.46. The number of carbonyl (C=O) groups excluding carboxylic acids is 2. The Kier molecular flexibility index (Phi) is 8.36. The lowest BCUT2D eigenvalue weighted by molar-refractivity contribution is -0.145. The van der Waals surface area contributed by atoms with Crippen LogP contribution in [0.25, 0.3) is 0 Å². The minimum atomic E-state index is -0.285. The number of ether oxygens (including phenoxy) is 1. The van der Waals surface area contributed by atoms with Gasteiger partial charge in [0.15, 0.2) is 0 Å². The van der Waals surface area contributed by atoms with Crippen molar-refractivity contribution in [2.45, 2.75) is 26.2 Å². The molecule has 0 aliphatic heterocycles. The maximum Gasteiger partial charge on any atom is 0.319 e. The number of esters is 1. The molecule has 122 valence electrons. The summed E-state index contributed by atoms with van der Waals surface area (Å²) in [6.07, 6.45) is 2.37. The van der Waals surface area contributed by atoms with Crippen molar-refractivity contribution >= 4 is 29.3 Å². The van der Waals surface area contributed by atoms with Crippen LogP contribution in [-0.2, 0) is 16.0 Å². The number of halogens is 1. The van der Waals surface area contributed by atoms with Crippen LogP contribution in [-0.4, -0.2) is 31.5 Å². The highest BCUT2D eigenvalue weighted by atomic mass is 35.5. The van der Waals surface area contributed by atoms with E-state index in [0.717, 1.165) is 18.4 Å². The first-order valence-corrected chi connectivity index (χ1v) is 7.91. The molecule has 5 nitrogen and oxygen atoms in total. The van der Waals surface area contributed by atoms with Crippen LogP contribution >= 0.6 is 11.6 Å². The molecule has 0 heterocycles. The normalized spacial score (nSPS) is 11.6. The Balaban J connectivity index is 2.59. The number of rotatable bonds is 8. The zero-order chi connectivity index (χ0) is 16.4. The molecule has 0 saturated carbocycles. The van der Waals surface area contributed by atoms with Crippen LogP contribution in [0.4, 0.5) is 10.5 Å². The highest BCUT2D eigenvalue weighted by Gasteiger charge is 2.18. The van der Waals surface area contributed by atoms with Gasteiger partial charge in [0.05, 0.1) is 13.0 Å². The summed E-state index contributed by atoms with van der Waals surface area (Å²) < 4.78 is 4.84. The SMILES string of the molecule is CCCC(Cc1ccc(NC(=O)NCCCl)cc1)C(=O)OC. The van der Waals surface area contributed by atoms with Gasteiger partial charge in [-0.2, -0.15) is 0 Å². The monoisotopic (exact) mass is 326 g/mol. The molecule has 1 unspecified atom stereocenters. The van der Waals surface area contributed by atoms with Gasteiger partial charge in [0, 0.05) is 18.1 Å². The van der Waals surface area contributed by atoms with Gasteiger partial charge in [-0.1, -0.05) is 25.5 Å². The average Bonchev–Trinajstić information content (AvgIpc) is 2.53. The molecule has 0 saturated heterocycles. The largest absolute Gasteiger partial charge is 0.469 e. The Hall–Kier alpha value is -1.75. The number of alkyl halides is 1. The van der Waals surface area contributed by atoms with Gasteiger partial charge in [-0.15, -0.1) is 11.6 Å². The fourth-order valence-electron chi connectivity index (χ4n) is 2.16. The molecular formula is C16H23ClN2O3. The molecule has 2 amide bonds. The van der Waals surface area contributed by atoms with Crippen molar-refractivity contribution in [2.75, 3.05) is 24.9 Å². The van der Waals surface area contributed by atoms with Gasteiger partial charge in [0.2, 0.25) is 0 Å². The van der Waals surface area contributed by atoms with Gasteiger partial charge < -0.3 is 15.4 Å². The van der Waals surface area contributed by atoms with Crippen molar-refractivity contribution in [3.05, 3.63) is 29.8 Å². The van der Waals surface area contributed by atoms with E-state index in [1.807, 2.05) is 31.2 Å². The fourth-order valence-corrected chi connectivity index (χ4v) is 2.26. The number of amides is 2. The summed E-state index contributed by atoms with van der Waals surface area (Å²) in [5.74, 6) is 0.0731. The van der Waals surface area contributed by atoms with Crippen molar-refractivity contribution < 1.29 is 14.3 Å². The summed E-state index contributed by atoms with van der Waals surface area (Å²) >= 11 is 5.50. The van der Waals surface area contributed by atoms with E-state index in [1.165, 1.54) is 7.11 Å². The number of anilines is 1. The molecule has 1 rings (SSSR count). The van der Waals surface area contributed by atoms with Gasteiger partial charge in [-0.05, 0) is 30.5 Å². The molecule has 0 spiro atoms. The van der Waals surface area contributed by atoms with Gasteiger partial charge >= 0.3 is 12.0 Å². The van der Waals surface area contributed by atoms with E-state index < -0.39 is 0 Å². The maximum atomic E-state index is 11.7. The van der Waals surface area contributed by atoms with E-state index in [-0.39, 0.29) is 17.9 Å². The molecule has 0 bridgehead atoms. The first kappa shape index (κ1) is 18.3. The second kappa shape index (κ2) is 10.1. The lowest BCUT2D eigenvalue weighted by Crippen LogP contribution is -2.30. The second-order valence-electron chi connectivity index (χ2n) is 4.98. The molecule has 0 aliphatic rings. The zero-order valence-corrected chi connectivity index (χ0v) is 13.8. The first-order chi connectivity index (χ1) is 10.6. The molecule has 22 heavy (non-hydrogen) atoms.